The Hall–Kier alpha value is -1.55. The highest BCUT2D eigenvalue weighted by molar-refractivity contribution is 5.22. The Morgan fingerprint density at radius 3 is 2.17 bits per heavy atom. The number of hydrogen-bond donors (Lipinski definition) is 0. The predicted molar refractivity (Wildman–Crippen MR) is 103 cm³/mol. The fourth-order valence-corrected chi connectivity index (χ4v) is 3.86. The second-order valence-corrected chi connectivity index (χ2v) is 7.43. The first-order chi connectivity index (χ1) is 11.8. The predicted octanol–water partition coefficient (Wildman–Crippen LogP) is 6.63. The maximum atomic E-state index is 8.60. The fourth-order valence-electron chi connectivity index (χ4n) is 3.86. The van der Waals surface area contributed by atoms with E-state index in [1.807, 2.05) is 0 Å². The van der Waals surface area contributed by atoms with Crippen LogP contribution in [0, 0.1) is 23.2 Å². The summed E-state index contributed by atoms with van der Waals surface area (Å²) in [6.45, 7) is 2.25. The highest BCUT2D eigenvalue weighted by Crippen LogP contribution is 2.32. The molecule has 1 aliphatic rings. The van der Waals surface area contributed by atoms with Crippen LogP contribution in [0.15, 0.2) is 36.4 Å². The summed E-state index contributed by atoms with van der Waals surface area (Å²) >= 11 is 0. The lowest BCUT2D eigenvalue weighted by molar-refractivity contribution is 0.289. The van der Waals surface area contributed by atoms with Gasteiger partial charge in [0.25, 0.3) is 0 Å². The molecule has 24 heavy (non-hydrogen) atoms. The standard InChI is InChI=1S/C23H33N/c1-2-3-7-20-11-13-21(14-12-20)8-4-5-9-22-15-17-23(18-16-22)10-6-19-24/h6,10-14,22-23H,2-5,7-9,15-18H2,1H3/b10-6+. The van der Waals surface area contributed by atoms with E-state index in [0.717, 1.165) is 5.92 Å². The van der Waals surface area contributed by atoms with E-state index in [1.165, 1.54) is 81.8 Å². The van der Waals surface area contributed by atoms with Gasteiger partial charge >= 0.3 is 0 Å². The first-order valence-corrected chi connectivity index (χ1v) is 9.96. The zero-order valence-corrected chi connectivity index (χ0v) is 15.3. The summed E-state index contributed by atoms with van der Waals surface area (Å²) in [7, 11) is 0. The molecule has 1 aromatic rings. The molecule has 1 heteroatoms. The zero-order valence-electron chi connectivity index (χ0n) is 15.3. The van der Waals surface area contributed by atoms with Gasteiger partial charge in [0.15, 0.2) is 0 Å². The highest BCUT2D eigenvalue weighted by atomic mass is 14.3. The van der Waals surface area contributed by atoms with Crippen molar-refractivity contribution in [2.24, 2.45) is 11.8 Å². The van der Waals surface area contributed by atoms with Crippen molar-refractivity contribution in [2.75, 3.05) is 0 Å². The van der Waals surface area contributed by atoms with Gasteiger partial charge in [-0.05, 0) is 74.3 Å². The Morgan fingerprint density at radius 2 is 1.58 bits per heavy atom. The number of allylic oxidation sites excluding steroid dienone is 2. The van der Waals surface area contributed by atoms with Gasteiger partial charge in [-0.25, -0.2) is 0 Å². The molecule has 130 valence electrons. The molecule has 1 fully saturated rings. The Balaban J connectivity index is 1.58. The van der Waals surface area contributed by atoms with Crippen LogP contribution in [0.3, 0.4) is 0 Å². The van der Waals surface area contributed by atoms with Gasteiger partial charge < -0.3 is 0 Å². The fraction of sp³-hybridized carbons (Fsp3) is 0.609. The molecule has 0 unspecified atom stereocenters. The summed E-state index contributed by atoms with van der Waals surface area (Å²) < 4.78 is 0. The number of hydrogen-bond acceptors (Lipinski definition) is 1. The van der Waals surface area contributed by atoms with E-state index in [4.69, 9.17) is 5.26 Å². The van der Waals surface area contributed by atoms with Crippen LogP contribution in [-0.4, -0.2) is 0 Å². The lowest BCUT2D eigenvalue weighted by Gasteiger charge is -2.26. The van der Waals surface area contributed by atoms with Crippen molar-refractivity contribution in [3.8, 4) is 6.07 Å². The summed E-state index contributed by atoms with van der Waals surface area (Å²) in [6.07, 6.45) is 18.2. The zero-order chi connectivity index (χ0) is 17.0. The third-order valence-corrected chi connectivity index (χ3v) is 5.50. The maximum absolute atomic E-state index is 8.60. The van der Waals surface area contributed by atoms with Crippen LogP contribution >= 0.6 is 0 Å². The summed E-state index contributed by atoms with van der Waals surface area (Å²) in [5.41, 5.74) is 2.99. The number of rotatable bonds is 9. The summed E-state index contributed by atoms with van der Waals surface area (Å²) in [5, 5.41) is 8.60. The third-order valence-electron chi connectivity index (χ3n) is 5.50. The molecule has 0 spiro atoms. The first kappa shape index (κ1) is 18.8. The number of unbranched alkanes of at least 4 members (excludes halogenated alkanes) is 2. The van der Waals surface area contributed by atoms with E-state index in [0.29, 0.717) is 5.92 Å². The molecular formula is C23H33N. The van der Waals surface area contributed by atoms with Gasteiger partial charge in [0.1, 0.15) is 0 Å². The minimum atomic E-state index is 0.659. The van der Waals surface area contributed by atoms with Crippen LogP contribution in [0.5, 0.6) is 0 Å². The van der Waals surface area contributed by atoms with Gasteiger partial charge in [-0.3, -0.25) is 0 Å². The van der Waals surface area contributed by atoms with Crippen LogP contribution in [0.2, 0.25) is 0 Å². The second-order valence-electron chi connectivity index (χ2n) is 7.43. The SMILES string of the molecule is CCCCc1ccc(CCCCC2CCC(/C=C/C#N)CC2)cc1. The molecule has 0 bridgehead atoms. The monoisotopic (exact) mass is 323 g/mol. The van der Waals surface area contributed by atoms with Crippen molar-refractivity contribution in [3.05, 3.63) is 47.5 Å². The van der Waals surface area contributed by atoms with Crippen LogP contribution in [0.1, 0.15) is 75.8 Å². The molecule has 0 heterocycles. The molecule has 0 N–H and O–H groups in total. The average molecular weight is 324 g/mol. The van der Waals surface area contributed by atoms with E-state index in [1.54, 1.807) is 6.08 Å². The Labute approximate surface area is 148 Å². The second kappa shape index (κ2) is 11.1. The third kappa shape index (κ3) is 6.91. The van der Waals surface area contributed by atoms with Crippen molar-refractivity contribution in [3.63, 3.8) is 0 Å². The van der Waals surface area contributed by atoms with E-state index in [-0.39, 0.29) is 0 Å². The summed E-state index contributed by atoms with van der Waals surface area (Å²) in [4.78, 5) is 0. The highest BCUT2D eigenvalue weighted by Gasteiger charge is 2.18. The molecule has 0 saturated heterocycles. The van der Waals surface area contributed by atoms with Crippen LogP contribution < -0.4 is 0 Å². The molecule has 0 atom stereocenters. The molecule has 0 amide bonds. The minimum Gasteiger partial charge on any atom is -0.193 e. The Bertz CT molecular complexity index is 512. The van der Waals surface area contributed by atoms with Crippen molar-refractivity contribution >= 4 is 0 Å². The Kier molecular flexibility index (Phi) is 8.67. The topological polar surface area (TPSA) is 23.8 Å². The Morgan fingerprint density at radius 1 is 0.958 bits per heavy atom. The number of benzene rings is 1. The minimum absolute atomic E-state index is 0.659. The van der Waals surface area contributed by atoms with Crippen molar-refractivity contribution in [1.29, 1.82) is 5.26 Å². The molecular weight excluding hydrogens is 290 g/mol. The molecule has 1 aliphatic carbocycles. The number of aryl methyl sites for hydroxylation is 2. The number of nitriles is 1. The van der Waals surface area contributed by atoms with E-state index < -0.39 is 0 Å². The van der Waals surface area contributed by atoms with Gasteiger partial charge in [-0.15, -0.1) is 0 Å². The largest absolute Gasteiger partial charge is 0.193 e. The summed E-state index contributed by atoms with van der Waals surface area (Å²) in [6, 6.07) is 11.4. The quantitative estimate of drug-likeness (QED) is 0.369. The van der Waals surface area contributed by atoms with Crippen LogP contribution in [-0.2, 0) is 12.8 Å². The molecule has 0 aromatic heterocycles. The van der Waals surface area contributed by atoms with E-state index in [2.05, 4.69) is 43.3 Å². The normalized spacial score (nSPS) is 21.0. The molecule has 1 nitrogen and oxygen atoms in total. The van der Waals surface area contributed by atoms with Gasteiger partial charge in [0, 0.05) is 6.08 Å². The van der Waals surface area contributed by atoms with Crippen LogP contribution in [0.25, 0.3) is 0 Å². The lowest BCUT2D eigenvalue weighted by atomic mass is 9.79. The molecule has 0 aliphatic heterocycles. The molecule has 1 saturated carbocycles. The molecule has 1 aromatic carbocycles. The smallest absolute Gasteiger partial charge is 0.0908 e. The van der Waals surface area contributed by atoms with Crippen molar-refractivity contribution in [2.45, 2.75) is 77.6 Å². The molecule has 0 radical (unpaired) electrons. The van der Waals surface area contributed by atoms with Crippen molar-refractivity contribution < 1.29 is 0 Å². The first-order valence-electron chi connectivity index (χ1n) is 9.96. The van der Waals surface area contributed by atoms with Gasteiger partial charge in [0.05, 0.1) is 6.07 Å². The van der Waals surface area contributed by atoms with E-state index in [9.17, 15) is 0 Å². The van der Waals surface area contributed by atoms with Crippen LogP contribution in [0.4, 0.5) is 0 Å². The molecule has 2 rings (SSSR count). The van der Waals surface area contributed by atoms with Crippen molar-refractivity contribution in [1.82, 2.24) is 0 Å². The van der Waals surface area contributed by atoms with Gasteiger partial charge in [-0.2, -0.15) is 5.26 Å². The van der Waals surface area contributed by atoms with E-state index >= 15 is 0 Å². The summed E-state index contributed by atoms with van der Waals surface area (Å²) in [5.74, 6) is 1.58. The average Bonchev–Trinajstić information content (AvgIpc) is 2.64. The number of nitrogens with zero attached hydrogens (tertiary/aromatic N) is 1. The van der Waals surface area contributed by atoms with Gasteiger partial charge in [0.2, 0.25) is 0 Å². The maximum Gasteiger partial charge on any atom is 0.0908 e. The van der Waals surface area contributed by atoms with Gasteiger partial charge in [-0.1, -0.05) is 56.5 Å². The lowest BCUT2D eigenvalue weighted by Crippen LogP contribution is -2.13.